The van der Waals surface area contributed by atoms with Crippen LogP contribution in [0.25, 0.3) is 6.08 Å². The van der Waals surface area contributed by atoms with Crippen molar-refractivity contribution in [3.63, 3.8) is 0 Å². The standard InChI is InChI=1S/C26H24N4O4.ClH/c1-33-22-14-20-17(13-18-15-29-25(28)30-23(18)27)9-6-10-19(20)21(26(22,34-2)24(31)32)12-11-16-7-4-3-5-8-16;/h3-10,14-15,21H,13H2,1-2H3,(H,31,32)(H4,27,28,29,30);1H. The fourth-order valence-electron chi connectivity index (χ4n) is 4.19. The van der Waals surface area contributed by atoms with E-state index in [1.807, 2.05) is 48.5 Å². The Labute approximate surface area is 209 Å². The van der Waals surface area contributed by atoms with Crippen molar-refractivity contribution >= 4 is 36.2 Å². The normalized spacial score (nSPS) is 18.2. The number of halogens is 1. The number of aliphatic carboxylic acids is 1. The Morgan fingerprint density at radius 3 is 2.49 bits per heavy atom. The molecule has 0 fully saturated rings. The number of nitrogens with two attached hydrogens (primary N) is 2. The monoisotopic (exact) mass is 492 g/mol. The first-order valence-corrected chi connectivity index (χ1v) is 10.5. The molecule has 0 amide bonds. The summed E-state index contributed by atoms with van der Waals surface area (Å²) in [5, 5.41) is 10.3. The zero-order chi connectivity index (χ0) is 24.3. The fraction of sp³-hybridized carbons (Fsp3) is 0.192. The van der Waals surface area contributed by atoms with E-state index >= 15 is 0 Å². The lowest BCUT2D eigenvalue weighted by Gasteiger charge is -2.38. The highest BCUT2D eigenvalue weighted by molar-refractivity contribution is 5.89. The van der Waals surface area contributed by atoms with Crippen LogP contribution in [0.2, 0.25) is 0 Å². The highest BCUT2D eigenvalue weighted by Crippen LogP contribution is 2.45. The molecule has 35 heavy (non-hydrogen) atoms. The Balaban J connectivity index is 0.00000342. The first kappa shape index (κ1) is 25.6. The predicted octanol–water partition coefficient (Wildman–Crippen LogP) is 3.26. The number of carboxylic acids is 1. The second kappa shape index (κ2) is 10.5. The molecule has 0 radical (unpaired) electrons. The SMILES string of the molecule is COC1=Cc2c(Cc3cnc(N)nc3N)cccc2C(C#Cc2ccccc2)C1(OC)C(=O)O.Cl. The van der Waals surface area contributed by atoms with Gasteiger partial charge in [-0.3, -0.25) is 0 Å². The summed E-state index contributed by atoms with van der Waals surface area (Å²) in [4.78, 5) is 20.7. The summed E-state index contributed by atoms with van der Waals surface area (Å²) >= 11 is 0. The average Bonchev–Trinajstić information content (AvgIpc) is 2.84. The number of carbonyl (C=O) groups is 1. The molecule has 3 aromatic rings. The molecule has 2 aromatic carbocycles. The molecule has 2 unspecified atom stereocenters. The molecule has 2 atom stereocenters. The van der Waals surface area contributed by atoms with Crippen LogP contribution < -0.4 is 11.5 Å². The van der Waals surface area contributed by atoms with E-state index in [0.29, 0.717) is 17.5 Å². The van der Waals surface area contributed by atoms with Gasteiger partial charge in [0.2, 0.25) is 11.5 Å². The second-order valence-corrected chi connectivity index (χ2v) is 7.76. The largest absolute Gasteiger partial charge is 0.497 e. The minimum Gasteiger partial charge on any atom is -0.497 e. The first-order valence-electron chi connectivity index (χ1n) is 10.5. The van der Waals surface area contributed by atoms with Crippen LogP contribution in [0.15, 0.2) is 60.5 Å². The van der Waals surface area contributed by atoms with Gasteiger partial charge in [-0.1, -0.05) is 48.2 Å². The van der Waals surface area contributed by atoms with E-state index in [2.05, 4.69) is 21.8 Å². The maximum atomic E-state index is 12.6. The number of hydrogen-bond acceptors (Lipinski definition) is 7. The van der Waals surface area contributed by atoms with Crippen LogP contribution >= 0.6 is 12.4 Å². The zero-order valence-electron chi connectivity index (χ0n) is 19.2. The van der Waals surface area contributed by atoms with Crippen LogP contribution in [-0.4, -0.2) is 40.9 Å². The fourth-order valence-corrected chi connectivity index (χ4v) is 4.19. The van der Waals surface area contributed by atoms with Gasteiger partial charge in [0.15, 0.2) is 0 Å². The van der Waals surface area contributed by atoms with Crippen molar-refractivity contribution in [2.24, 2.45) is 0 Å². The van der Waals surface area contributed by atoms with Crippen LogP contribution in [0, 0.1) is 11.8 Å². The smallest absolute Gasteiger partial charge is 0.345 e. The van der Waals surface area contributed by atoms with Gasteiger partial charge >= 0.3 is 5.97 Å². The summed E-state index contributed by atoms with van der Waals surface area (Å²) in [6, 6.07) is 15.0. The molecule has 1 heterocycles. The highest BCUT2D eigenvalue weighted by atomic mass is 35.5. The minimum atomic E-state index is -1.81. The summed E-state index contributed by atoms with van der Waals surface area (Å²) in [6.07, 6.45) is 3.69. The molecule has 0 saturated heterocycles. The van der Waals surface area contributed by atoms with Crippen molar-refractivity contribution < 1.29 is 19.4 Å². The molecule has 4 rings (SSSR count). The molecular formula is C26H25ClN4O4. The van der Waals surface area contributed by atoms with E-state index < -0.39 is 17.5 Å². The average molecular weight is 493 g/mol. The third-order valence-corrected chi connectivity index (χ3v) is 5.88. The lowest BCUT2D eigenvalue weighted by atomic mass is 9.73. The van der Waals surface area contributed by atoms with Crippen molar-refractivity contribution in [1.82, 2.24) is 9.97 Å². The molecule has 0 spiro atoms. The van der Waals surface area contributed by atoms with Crippen molar-refractivity contribution in [2.75, 3.05) is 25.7 Å². The van der Waals surface area contributed by atoms with E-state index in [4.69, 9.17) is 20.9 Å². The van der Waals surface area contributed by atoms with E-state index in [1.54, 1.807) is 12.3 Å². The van der Waals surface area contributed by atoms with E-state index in [9.17, 15) is 9.90 Å². The van der Waals surface area contributed by atoms with Crippen molar-refractivity contribution in [3.8, 4) is 11.8 Å². The number of nitrogen functional groups attached to an aromatic ring is 2. The number of benzene rings is 2. The molecule has 1 aliphatic carbocycles. The van der Waals surface area contributed by atoms with Gasteiger partial charge in [-0.2, -0.15) is 4.98 Å². The molecular weight excluding hydrogens is 468 g/mol. The first-order chi connectivity index (χ1) is 16.4. The Bertz CT molecular complexity index is 1330. The van der Waals surface area contributed by atoms with Gasteiger partial charge in [-0.25, -0.2) is 9.78 Å². The van der Waals surface area contributed by atoms with Gasteiger partial charge in [0, 0.05) is 30.9 Å². The summed E-state index contributed by atoms with van der Waals surface area (Å²) in [5.41, 5.74) is 13.7. The quantitative estimate of drug-likeness (QED) is 0.462. The summed E-state index contributed by atoms with van der Waals surface area (Å²) in [7, 11) is 2.77. The molecule has 5 N–H and O–H groups in total. The van der Waals surface area contributed by atoms with Gasteiger partial charge in [0.25, 0.3) is 0 Å². The topological polar surface area (TPSA) is 134 Å². The van der Waals surface area contributed by atoms with Crippen molar-refractivity contribution in [2.45, 2.75) is 17.9 Å². The van der Waals surface area contributed by atoms with E-state index in [1.165, 1.54) is 14.2 Å². The Morgan fingerprint density at radius 1 is 1.11 bits per heavy atom. The number of carboxylic acid groups (broad SMARTS) is 1. The molecule has 0 saturated carbocycles. The third-order valence-electron chi connectivity index (χ3n) is 5.88. The number of fused-ring (bicyclic) bond motifs is 1. The van der Waals surface area contributed by atoms with Crippen LogP contribution in [0.1, 0.15) is 33.7 Å². The predicted molar refractivity (Wildman–Crippen MR) is 136 cm³/mol. The Morgan fingerprint density at radius 2 is 1.86 bits per heavy atom. The number of hydrogen-bond donors (Lipinski definition) is 3. The molecule has 9 heteroatoms. The molecule has 0 aliphatic heterocycles. The van der Waals surface area contributed by atoms with Crippen LogP contribution in [0.3, 0.4) is 0 Å². The van der Waals surface area contributed by atoms with Crippen molar-refractivity contribution in [3.05, 3.63) is 88.3 Å². The number of nitrogens with zero attached hydrogens (tertiary/aromatic N) is 2. The van der Waals surface area contributed by atoms with Gasteiger partial charge < -0.3 is 26.0 Å². The van der Waals surface area contributed by atoms with Gasteiger partial charge in [0.1, 0.15) is 11.6 Å². The van der Waals surface area contributed by atoms with Gasteiger partial charge in [-0.15, -0.1) is 12.4 Å². The molecule has 1 aromatic heterocycles. The Hall–Kier alpha value is -4.06. The molecule has 8 nitrogen and oxygen atoms in total. The van der Waals surface area contributed by atoms with Crippen LogP contribution in [0.5, 0.6) is 0 Å². The molecule has 1 aliphatic rings. The number of aromatic nitrogens is 2. The second-order valence-electron chi connectivity index (χ2n) is 7.76. The van der Waals surface area contributed by atoms with Crippen LogP contribution in [0.4, 0.5) is 11.8 Å². The lowest BCUT2D eigenvalue weighted by Crippen LogP contribution is -2.50. The van der Waals surface area contributed by atoms with E-state index in [0.717, 1.165) is 16.7 Å². The maximum absolute atomic E-state index is 12.6. The minimum absolute atomic E-state index is 0. The number of rotatable bonds is 5. The van der Waals surface area contributed by atoms with Crippen LogP contribution in [-0.2, 0) is 20.7 Å². The van der Waals surface area contributed by atoms with Crippen molar-refractivity contribution in [1.29, 1.82) is 0 Å². The number of anilines is 2. The summed E-state index contributed by atoms with van der Waals surface area (Å²) in [6.45, 7) is 0. The third kappa shape index (κ3) is 4.64. The number of ether oxygens (including phenoxy) is 2. The zero-order valence-corrected chi connectivity index (χ0v) is 20.0. The summed E-state index contributed by atoms with van der Waals surface area (Å²) < 4.78 is 11.2. The maximum Gasteiger partial charge on any atom is 0.345 e. The molecule has 180 valence electrons. The lowest BCUT2D eigenvalue weighted by molar-refractivity contribution is -0.162. The van der Waals surface area contributed by atoms with E-state index in [-0.39, 0.29) is 29.9 Å². The number of methoxy groups -OCH3 is 2. The summed E-state index contributed by atoms with van der Waals surface area (Å²) in [5.74, 6) is 4.75. The Kier molecular flexibility index (Phi) is 7.65. The van der Waals surface area contributed by atoms with Gasteiger partial charge in [-0.05, 0) is 34.9 Å². The molecule has 0 bridgehead atoms. The van der Waals surface area contributed by atoms with Gasteiger partial charge in [0.05, 0.1) is 13.0 Å². The highest BCUT2D eigenvalue weighted by Gasteiger charge is 2.54.